The van der Waals surface area contributed by atoms with Gasteiger partial charge in [-0.25, -0.2) is 4.52 Å². The Morgan fingerprint density at radius 2 is 2.50 bits per heavy atom. The first-order valence-electron chi connectivity index (χ1n) is 2.77. The van der Waals surface area contributed by atoms with Crippen molar-refractivity contribution in [1.29, 1.82) is 0 Å². The molecule has 0 aliphatic rings. The second-order valence-electron chi connectivity index (χ2n) is 1.77. The quantitative estimate of drug-likeness (QED) is 0.488. The summed E-state index contributed by atoms with van der Waals surface area (Å²) in [6, 6.07) is 1.97. The lowest BCUT2D eigenvalue weighted by molar-refractivity contribution is -0.846. The van der Waals surface area contributed by atoms with Crippen molar-refractivity contribution < 1.29 is 9.26 Å². The summed E-state index contributed by atoms with van der Waals surface area (Å²) >= 11 is 0. The fourth-order valence-electron chi connectivity index (χ4n) is 0.616. The molecule has 0 unspecified atom stereocenters. The maximum absolute atomic E-state index is 5.15. The Bertz CT molecular complexity index is 169. The van der Waals surface area contributed by atoms with Crippen LogP contribution in [0.2, 0.25) is 0 Å². The van der Waals surface area contributed by atoms with Crippen molar-refractivity contribution in [1.82, 2.24) is 0 Å². The predicted octanol–water partition coefficient (Wildman–Crippen LogP) is 0.666. The molecule has 2 heteroatoms. The molecular formula is C6H10NO+. The number of hydrogen-bond acceptors (Lipinski definition) is 1. The van der Waals surface area contributed by atoms with Crippen LogP contribution >= 0.6 is 0 Å². The zero-order valence-corrected chi connectivity index (χ0v) is 5.22. The van der Waals surface area contributed by atoms with E-state index in [1.807, 2.05) is 19.3 Å². The molecule has 1 aromatic rings. The van der Waals surface area contributed by atoms with E-state index in [2.05, 4.69) is 6.92 Å². The van der Waals surface area contributed by atoms with Crippen molar-refractivity contribution in [2.75, 3.05) is 0 Å². The zero-order valence-electron chi connectivity index (χ0n) is 5.22. The van der Waals surface area contributed by atoms with E-state index < -0.39 is 0 Å². The summed E-state index contributed by atoms with van der Waals surface area (Å²) in [6.07, 6.45) is 2.87. The first-order chi connectivity index (χ1) is 3.83. The number of rotatable bonds is 1. The van der Waals surface area contributed by atoms with Gasteiger partial charge in [-0.1, -0.05) is 6.92 Å². The van der Waals surface area contributed by atoms with Crippen LogP contribution in [0, 0.1) is 0 Å². The average molecular weight is 112 g/mol. The molecule has 0 N–H and O–H groups in total. The number of aromatic nitrogens is 1. The summed E-state index contributed by atoms with van der Waals surface area (Å²) in [4.78, 5) is 0. The van der Waals surface area contributed by atoms with E-state index in [4.69, 9.17) is 4.52 Å². The van der Waals surface area contributed by atoms with Gasteiger partial charge in [-0.3, -0.25) is 0 Å². The van der Waals surface area contributed by atoms with Crippen LogP contribution in [0.25, 0.3) is 0 Å². The lowest BCUT2D eigenvalue weighted by atomic mass is 10.4. The van der Waals surface area contributed by atoms with Gasteiger partial charge in [0.25, 0.3) is 0 Å². The smallest absolute Gasteiger partial charge is 0.219 e. The first kappa shape index (κ1) is 5.35. The van der Waals surface area contributed by atoms with Gasteiger partial charge in [-0.15, -0.1) is 0 Å². The standard InChI is InChI=1S/C6H10NO/c1-3-6-4-5-7(2)8-6/h4-5H,3H2,1-2H3/q+1. The molecule has 0 saturated carbocycles. The van der Waals surface area contributed by atoms with Crippen molar-refractivity contribution in [2.45, 2.75) is 13.3 Å². The van der Waals surface area contributed by atoms with Gasteiger partial charge in [0, 0.05) is 6.42 Å². The molecule has 8 heavy (non-hydrogen) atoms. The fourth-order valence-corrected chi connectivity index (χ4v) is 0.616. The number of nitrogens with zero attached hydrogens (tertiary/aromatic N) is 1. The molecule has 0 bridgehead atoms. The highest BCUT2D eigenvalue weighted by molar-refractivity contribution is 4.88. The Morgan fingerprint density at radius 3 is 2.75 bits per heavy atom. The highest BCUT2D eigenvalue weighted by Gasteiger charge is 1.98. The lowest BCUT2D eigenvalue weighted by Gasteiger charge is -1.75. The topological polar surface area (TPSA) is 17.0 Å². The van der Waals surface area contributed by atoms with E-state index in [9.17, 15) is 0 Å². The van der Waals surface area contributed by atoms with Crippen LogP contribution in [0.4, 0.5) is 0 Å². The largest absolute Gasteiger partial charge is 0.242 e. The van der Waals surface area contributed by atoms with Gasteiger partial charge in [-0.05, 0) is 4.74 Å². The summed E-state index contributed by atoms with van der Waals surface area (Å²) in [7, 11) is 1.87. The predicted molar refractivity (Wildman–Crippen MR) is 29.3 cm³/mol. The van der Waals surface area contributed by atoms with E-state index in [0.29, 0.717) is 0 Å². The average Bonchev–Trinajstić information content (AvgIpc) is 2.14. The van der Waals surface area contributed by atoms with Crippen LogP contribution in [-0.2, 0) is 13.5 Å². The molecule has 0 saturated heterocycles. The van der Waals surface area contributed by atoms with Gasteiger partial charge in [-0.2, -0.15) is 0 Å². The van der Waals surface area contributed by atoms with Crippen molar-refractivity contribution in [3.8, 4) is 0 Å². The molecule has 1 heterocycles. The molecule has 0 aromatic carbocycles. The fraction of sp³-hybridized carbons (Fsp3) is 0.500. The van der Waals surface area contributed by atoms with E-state index >= 15 is 0 Å². The number of hydrogen-bond donors (Lipinski definition) is 0. The molecule has 0 atom stereocenters. The van der Waals surface area contributed by atoms with Crippen molar-refractivity contribution in [3.63, 3.8) is 0 Å². The second kappa shape index (κ2) is 1.99. The van der Waals surface area contributed by atoms with Crippen molar-refractivity contribution >= 4 is 0 Å². The highest BCUT2D eigenvalue weighted by atomic mass is 16.5. The molecule has 1 rings (SSSR count). The summed E-state index contributed by atoms with van der Waals surface area (Å²) in [5.74, 6) is 1.03. The van der Waals surface area contributed by atoms with E-state index in [0.717, 1.165) is 12.2 Å². The minimum atomic E-state index is 0.973. The second-order valence-corrected chi connectivity index (χ2v) is 1.77. The lowest BCUT2D eigenvalue weighted by Crippen LogP contribution is -2.22. The van der Waals surface area contributed by atoms with Gasteiger partial charge in [0.1, 0.15) is 0 Å². The van der Waals surface area contributed by atoms with Crippen molar-refractivity contribution in [2.24, 2.45) is 7.05 Å². The van der Waals surface area contributed by atoms with Gasteiger partial charge >= 0.3 is 0 Å². The molecule has 0 amide bonds. The molecule has 0 aliphatic carbocycles. The SMILES string of the molecule is CCc1cc[n+](C)o1. The van der Waals surface area contributed by atoms with Gasteiger partial charge < -0.3 is 0 Å². The Hall–Kier alpha value is -0.790. The highest BCUT2D eigenvalue weighted by Crippen LogP contribution is 1.92. The maximum Gasteiger partial charge on any atom is 0.219 e. The zero-order chi connectivity index (χ0) is 5.98. The van der Waals surface area contributed by atoms with Gasteiger partial charge in [0.05, 0.1) is 6.07 Å². The molecule has 0 spiro atoms. The first-order valence-corrected chi connectivity index (χ1v) is 2.77. The molecular weight excluding hydrogens is 102 g/mol. The minimum Gasteiger partial charge on any atom is -0.242 e. The number of aryl methyl sites for hydroxylation is 2. The van der Waals surface area contributed by atoms with Crippen LogP contribution in [0.3, 0.4) is 0 Å². The Labute approximate surface area is 48.7 Å². The maximum atomic E-state index is 5.15. The molecule has 0 fully saturated rings. The summed E-state index contributed by atoms with van der Waals surface area (Å²) in [5, 5.41) is 0. The van der Waals surface area contributed by atoms with E-state index in [1.165, 1.54) is 0 Å². The van der Waals surface area contributed by atoms with Gasteiger partial charge in [0.2, 0.25) is 6.20 Å². The Morgan fingerprint density at radius 1 is 1.75 bits per heavy atom. The molecule has 1 aromatic heterocycles. The molecule has 0 radical (unpaired) electrons. The molecule has 44 valence electrons. The summed E-state index contributed by atoms with van der Waals surface area (Å²) in [6.45, 7) is 2.07. The van der Waals surface area contributed by atoms with E-state index in [-0.39, 0.29) is 0 Å². The molecule has 0 aliphatic heterocycles. The van der Waals surface area contributed by atoms with Crippen LogP contribution < -0.4 is 4.74 Å². The molecule has 2 nitrogen and oxygen atoms in total. The van der Waals surface area contributed by atoms with Crippen LogP contribution in [0.15, 0.2) is 16.8 Å². The summed E-state index contributed by atoms with van der Waals surface area (Å²) in [5.41, 5.74) is 0. The third kappa shape index (κ3) is 0.886. The normalized spacial score (nSPS) is 9.75. The van der Waals surface area contributed by atoms with E-state index in [1.54, 1.807) is 4.74 Å². The van der Waals surface area contributed by atoms with Crippen LogP contribution in [-0.4, -0.2) is 0 Å². The summed E-state index contributed by atoms with van der Waals surface area (Å²) < 4.78 is 6.84. The Kier molecular flexibility index (Phi) is 1.33. The monoisotopic (exact) mass is 112 g/mol. The van der Waals surface area contributed by atoms with Crippen LogP contribution in [0.1, 0.15) is 12.7 Å². The van der Waals surface area contributed by atoms with Crippen molar-refractivity contribution in [3.05, 3.63) is 18.0 Å². The Balaban J connectivity index is 2.84. The minimum absolute atomic E-state index is 0.973. The van der Waals surface area contributed by atoms with Gasteiger partial charge in [0.15, 0.2) is 12.8 Å². The van der Waals surface area contributed by atoms with Crippen LogP contribution in [0.5, 0.6) is 0 Å². The third-order valence-corrected chi connectivity index (χ3v) is 1.08. The third-order valence-electron chi connectivity index (χ3n) is 1.08.